The highest BCUT2D eigenvalue weighted by Gasteiger charge is 2.34. The molecule has 0 saturated carbocycles. The zero-order chi connectivity index (χ0) is 18.0. The quantitative estimate of drug-likeness (QED) is 0.870. The molecule has 1 aromatic carbocycles. The van der Waals surface area contributed by atoms with Crippen molar-refractivity contribution in [3.63, 3.8) is 0 Å². The number of fused-ring (bicyclic) bond motifs is 1. The molecule has 1 unspecified atom stereocenters. The molecule has 0 radical (unpaired) electrons. The lowest BCUT2D eigenvalue weighted by molar-refractivity contribution is -0.125. The van der Waals surface area contributed by atoms with Gasteiger partial charge in [0.1, 0.15) is 17.6 Å². The van der Waals surface area contributed by atoms with E-state index in [0.717, 1.165) is 0 Å². The monoisotopic (exact) mass is 342 g/mol. The number of nitrogens with two attached hydrogens (primary N) is 1. The Morgan fingerprint density at radius 1 is 1.36 bits per heavy atom. The fourth-order valence-electron chi connectivity index (χ4n) is 2.56. The van der Waals surface area contributed by atoms with Crippen molar-refractivity contribution in [2.24, 2.45) is 0 Å². The van der Waals surface area contributed by atoms with Crippen LogP contribution in [0.3, 0.4) is 0 Å². The van der Waals surface area contributed by atoms with E-state index in [9.17, 15) is 9.59 Å². The first-order valence-corrected chi connectivity index (χ1v) is 7.66. The number of carbonyl (C=O) groups excluding carboxylic acids is 2. The number of aromatic nitrogens is 1. The van der Waals surface area contributed by atoms with E-state index in [-0.39, 0.29) is 30.1 Å². The molecule has 1 atom stereocenters. The van der Waals surface area contributed by atoms with Gasteiger partial charge in [0, 0.05) is 0 Å². The second-order valence-electron chi connectivity index (χ2n) is 5.48. The van der Waals surface area contributed by atoms with Crippen LogP contribution in [-0.2, 0) is 9.59 Å². The summed E-state index contributed by atoms with van der Waals surface area (Å²) in [6.45, 7) is 1.45. The number of anilines is 3. The standard InChI is InChI=1S/C17H18N4O4/c1-10(17(23)19-11-5-3-4-6-12(11)24-2)21-15(22)9-25-13-7-8-14(18)20-16(13)21/h3-8,10H,9H2,1-2H3,(H2,18,20)(H,19,23). The number of amides is 2. The van der Waals surface area contributed by atoms with E-state index >= 15 is 0 Å². The van der Waals surface area contributed by atoms with E-state index in [1.165, 1.54) is 12.0 Å². The highest BCUT2D eigenvalue weighted by Crippen LogP contribution is 2.32. The number of para-hydroxylation sites is 2. The number of nitrogens with one attached hydrogen (secondary N) is 1. The topological polar surface area (TPSA) is 107 Å². The van der Waals surface area contributed by atoms with E-state index in [1.807, 2.05) is 0 Å². The number of nitrogens with zero attached hydrogens (tertiary/aromatic N) is 2. The number of ether oxygens (including phenoxy) is 2. The van der Waals surface area contributed by atoms with Crippen LogP contribution in [0.5, 0.6) is 11.5 Å². The Hall–Kier alpha value is -3.29. The van der Waals surface area contributed by atoms with Crippen LogP contribution in [0.15, 0.2) is 36.4 Å². The van der Waals surface area contributed by atoms with Crippen molar-refractivity contribution in [3.05, 3.63) is 36.4 Å². The number of hydrogen-bond donors (Lipinski definition) is 2. The van der Waals surface area contributed by atoms with E-state index in [1.54, 1.807) is 43.3 Å². The molecule has 25 heavy (non-hydrogen) atoms. The van der Waals surface area contributed by atoms with Crippen molar-refractivity contribution in [1.29, 1.82) is 0 Å². The molecule has 2 aromatic rings. The molecule has 130 valence electrons. The molecule has 2 amide bonds. The van der Waals surface area contributed by atoms with Gasteiger partial charge >= 0.3 is 0 Å². The fraction of sp³-hybridized carbons (Fsp3) is 0.235. The van der Waals surface area contributed by atoms with Gasteiger partial charge in [0.05, 0.1) is 12.8 Å². The summed E-state index contributed by atoms with van der Waals surface area (Å²) in [7, 11) is 1.52. The maximum Gasteiger partial charge on any atom is 0.266 e. The Balaban J connectivity index is 1.87. The average molecular weight is 342 g/mol. The first-order chi connectivity index (χ1) is 12.0. The van der Waals surface area contributed by atoms with Crippen molar-refractivity contribution in [3.8, 4) is 11.5 Å². The number of carbonyl (C=O) groups is 2. The minimum atomic E-state index is -0.811. The van der Waals surface area contributed by atoms with Gasteiger partial charge in [-0.1, -0.05) is 12.1 Å². The van der Waals surface area contributed by atoms with Gasteiger partial charge in [0.2, 0.25) is 5.91 Å². The molecular weight excluding hydrogens is 324 g/mol. The Morgan fingerprint density at radius 2 is 2.12 bits per heavy atom. The minimum Gasteiger partial charge on any atom is -0.495 e. The van der Waals surface area contributed by atoms with Crippen LogP contribution < -0.4 is 25.4 Å². The molecule has 1 aliphatic rings. The van der Waals surface area contributed by atoms with Crippen LogP contribution in [-0.4, -0.2) is 36.6 Å². The largest absolute Gasteiger partial charge is 0.495 e. The van der Waals surface area contributed by atoms with Crippen LogP contribution in [0.25, 0.3) is 0 Å². The number of hydrogen-bond acceptors (Lipinski definition) is 6. The van der Waals surface area contributed by atoms with Gasteiger partial charge in [0.25, 0.3) is 5.91 Å². The molecule has 8 nitrogen and oxygen atoms in total. The van der Waals surface area contributed by atoms with Gasteiger partial charge in [-0.2, -0.15) is 0 Å². The molecule has 2 heterocycles. The highest BCUT2D eigenvalue weighted by molar-refractivity contribution is 6.06. The van der Waals surface area contributed by atoms with Gasteiger partial charge in [-0.05, 0) is 31.2 Å². The van der Waals surface area contributed by atoms with Crippen LogP contribution >= 0.6 is 0 Å². The van der Waals surface area contributed by atoms with Gasteiger partial charge in [0.15, 0.2) is 18.2 Å². The van der Waals surface area contributed by atoms with Crippen molar-refractivity contribution in [2.75, 3.05) is 29.7 Å². The molecule has 0 bridgehead atoms. The summed E-state index contributed by atoms with van der Waals surface area (Å²) in [4.78, 5) is 30.4. The summed E-state index contributed by atoms with van der Waals surface area (Å²) in [5.41, 5.74) is 6.22. The lowest BCUT2D eigenvalue weighted by Crippen LogP contribution is -2.50. The number of benzene rings is 1. The molecule has 0 saturated heterocycles. The van der Waals surface area contributed by atoms with Crippen molar-refractivity contribution in [1.82, 2.24) is 4.98 Å². The minimum absolute atomic E-state index is 0.162. The number of nitrogen functional groups attached to an aromatic ring is 1. The van der Waals surface area contributed by atoms with Crippen molar-refractivity contribution < 1.29 is 19.1 Å². The molecule has 1 aromatic heterocycles. The SMILES string of the molecule is COc1ccccc1NC(=O)C(C)N1C(=O)COc2ccc(N)nc21. The molecule has 0 aliphatic carbocycles. The first-order valence-electron chi connectivity index (χ1n) is 7.66. The van der Waals surface area contributed by atoms with Gasteiger partial charge < -0.3 is 20.5 Å². The maximum atomic E-state index is 12.7. The van der Waals surface area contributed by atoms with Crippen molar-refractivity contribution >= 4 is 29.1 Å². The summed E-state index contributed by atoms with van der Waals surface area (Å²) >= 11 is 0. The Bertz CT molecular complexity index is 824. The second-order valence-corrected chi connectivity index (χ2v) is 5.48. The normalized spacial score (nSPS) is 14.3. The van der Waals surface area contributed by atoms with Gasteiger partial charge in [-0.25, -0.2) is 4.98 Å². The van der Waals surface area contributed by atoms with Crippen LogP contribution in [0.2, 0.25) is 0 Å². The Kier molecular flexibility index (Phi) is 4.42. The number of methoxy groups -OCH3 is 1. The van der Waals surface area contributed by atoms with E-state index in [0.29, 0.717) is 17.2 Å². The van der Waals surface area contributed by atoms with E-state index in [2.05, 4.69) is 10.3 Å². The molecule has 1 aliphatic heterocycles. The van der Waals surface area contributed by atoms with Crippen LogP contribution in [0.4, 0.5) is 17.3 Å². The predicted octanol–water partition coefficient (Wildman–Crippen LogP) is 1.42. The molecular formula is C17H18N4O4. The third-order valence-electron chi connectivity index (χ3n) is 3.84. The number of rotatable bonds is 4. The van der Waals surface area contributed by atoms with E-state index in [4.69, 9.17) is 15.2 Å². The summed E-state index contributed by atoms with van der Waals surface area (Å²) in [5.74, 6) is 0.659. The molecule has 3 N–H and O–H groups in total. The lowest BCUT2D eigenvalue weighted by Gasteiger charge is -2.32. The zero-order valence-electron chi connectivity index (χ0n) is 13.9. The average Bonchev–Trinajstić information content (AvgIpc) is 2.61. The molecule has 3 rings (SSSR count). The van der Waals surface area contributed by atoms with Crippen LogP contribution in [0, 0.1) is 0 Å². The first kappa shape index (κ1) is 16.6. The van der Waals surface area contributed by atoms with Gasteiger partial charge in [-0.3, -0.25) is 14.5 Å². The zero-order valence-corrected chi connectivity index (χ0v) is 13.9. The third kappa shape index (κ3) is 3.18. The summed E-state index contributed by atoms with van der Waals surface area (Å²) in [6.07, 6.45) is 0. The lowest BCUT2D eigenvalue weighted by atomic mass is 10.2. The highest BCUT2D eigenvalue weighted by atomic mass is 16.5. The predicted molar refractivity (Wildman–Crippen MR) is 92.7 cm³/mol. The smallest absolute Gasteiger partial charge is 0.266 e. The van der Waals surface area contributed by atoms with Gasteiger partial charge in [-0.15, -0.1) is 0 Å². The third-order valence-corrected chi connectivity index (χ3v) is 3.84. The second kappa shape index (κ2) is 6.68. The Labute approximate surface area is 144 Å². The summed E-state index contributed by atoms with van der Waals surface area (Å²) in [6, 6.07) is 9.42. The number of pyridine rings is 1. The molecule has 0 fully saturated rings. The maximum absolute atomic E-state index is 12.7. The summed E-state index contributed by atoms with van der Waals surface area (Å²) < 4.78 is 10.6. The fourth-order valence-corrected chi connectivity index (χ4v) is 2.56. The molecule has 0 spiro atoms. The van der Waals surface area contributed by atoms with E-state index < -0.39 is 6.04 Å². The Morgan fingerprint density at radius 3 is 2.88 bits per heavy atom. The molecule has 8 heteroatoms. The summed E-state index contributed by atoms with van der Waals surface area (Å²) in [5, 5.41) is 2.77. The van der Waals surface area contributed by atoms with Crippen molar-refractivity contribution in [2.45, 2.75) is 13.0 Å². The van der Waals surface area contributed by atoms with Crippen LogP contribution in [0.1, 0.15) is 6.92 Å².